The van der Waals surface area contributed by atoms with Gasteiger partial charge in [0.05, 0.1) is 30.2 Å². The highest BCUT2D eigenvalue weighted by atomic mass is 32.2. The van der Waals surface area contributed by atoms with Crippen molar-refractivity contribution in [2.45, 2.75) is 113 Å². The third-order valence-electron chi connectivity index (χ3n) is 11.1. The first-order valence-electron chi connectivity index (χ1n) is 19.6. The van der Waals surface area contributed by atoms with Gasteiger partial charge in [0.2, 0.25) is 21.8 Å². The number of carbonyl (C=O) groups excluding carboxylic acids is 4. The number of alkyl carbamates (subject to hydrolysis) is 1. The third-order valence-corrected chi connectivity index (χ3v) is 13.0. The van der Waals surface area contributed by atoms with E-state index in [9.17, 15) is 32.4 Å². The van der Waals surface area contributed by atoms with Crippen LogP contribution < -0.4 is 25.7 Å². The number of carbonyl (C=O) groups is 4. The summed E-state index contributed by atoms with van der Waals surface area (Å²) in [7, 11) is -2.54. The molecular weight excluding hydrogens is 753 g/mol. The lowest BCUT2D eigenvalue weighted by Crippen LogP contribution is -2.58. The predicted octanol–water partition coefficient (Wildman–Crippen LogP) is 4.11. The van der Waals surface area contributed by atoms with E-state index < -0.39 is 79.8 Å². The van der Waals surface area contributed by atoms with Gasteiger partial charge in [-0.2, -0.15) is 5.10 Å². The van der Waals surface area contributed by atoms with Crippen molar-refractivity contribution in [1.82, 2.24) is 30.0 Å². The Labute approximate surface area is 331 Å². The smallest absolute Gasteiger partial charge is 0.408 e. The molecule has 3 N–H and O–H groups in total. The Morgan fingerprint density at radius 2 is 1.74 bits per heavy atom. The van der Waals surface area contributed by atoms with Crippen LogP contribution in [0.15, 0.2) is 65.6 Å². The molecule has 16 heteroatoms. The van der Waals surface area contributed by atoms with Gasteiger partial charge in [-0.15, -0.1) is 0 Å². The van der Waals surface area contributed by atoms with Gasteiger partial charge in [0.1, 0.15) is 23.2 Å². The summed E-state index contributed by atoms with van der Waals surface area (Å²) in [6.07, 6.45) is 8.50. The molecule has 1 saturated heterocycles. The van der Waals surface area contributed by atoms with Crippen molar-refractivity contribution in [1.29, 1.82) is 0 Å². The standard InChI is InChI=1S/C41H50N6O9S/c1-40(2,3)56-39(52)43-32-18-9-7-5-6-8-15-26-22-41(26,38(51)45-57(53,54)28-19-20-28)44-35(48)33-21-27(24-46(33)36(32)49)47-37(50)34(55-4)31(23-42-47)30-17-12-14-25-13-10-11-16-29(25)30/h8,10-17,23,26-28,32-33H,5-7,9,18-22,24H2,1-4H3,(H,43,52)(H,44,48)(H,45,51)/b15-8-/t26-,27-,32+,33+,41-/m1/s1. The van der Waals surface area contributed by atoms with Crippen molar-refractivity contribution < 1.29 is 37.1 Å². The summed E-state index contributed by atoms with van der Waals surface area (Å²) in [6.45, 7) is 5.00. The maximum absolute atomic E-state index is 14.6. The summed E-state index contributed by atoms with van der Waals surface area (Å²) in [4.78, 5) is 71.5. The Morgan fingerprint density at radius 3 is 2.47 bits per heavy atom. The van der Waals surface area contributed by atoms with Crippen molar-refractivity contribution in [3.05, 3.63) is 71.2 Å². The second-order valence-electron chi connectivity index (χ2n) is 16.5. The summed E-state index contributed by atoms with van der Waals surface area (Å²) in [5, 5.41) is 11.3. The highest BCUT2D eigenvalue weighted by Gasteiger charge is 2.62. The first-order valence-corrected chi connectivity index (χ1v) is 21.1. The molecule has 2 aromatic carbocycles. The lowest BCUT2D eigenvalue weighted by atomic mass is 9.99. The minimum absolute atomic E-state index is 0.0335. The van der Waals surface area contributed by atoms with Crippen molar-refractivity contribution in [3.8, 4) is 16.9 Å². The quantitative estimate of drug-likeness (QED) is 0.293. The van der Waals surface area contributed by atoms with Crippen LogP contribution in [0.25, 0.3) is 21.9 Å². The molecule has 2 saturated carbocycles. The molecule has 2 aliphatic carbocycles. The SMILES string of the molecule is COc1c(-c2cccc3ccccc23)cnn([C@@H]2C[C@H]3C(=O)N[C@]4(C(=O)NS(=O)(=O)C5CC5)C[C@H]4/C=C\CCCCC[C@H](NC(=O)OC(C)(C)C)C(=O)N3C2)c1=O. The van der Waals surface area contributed by atoms with Gasteiger partial charge in [-0.3, -0.25) is 23.9 Å². The van der Waals surface area contributed by atoms with Crippen molar-refractivity contribution in [3.63, 3.8) is 0 Å². The average molecular weight is 803 g/mol. The molecule has 15 nitrogen and oxygen atoms in total. The number of benzene rings is 2. The van der Waals surface area contributed by atoms with Gasteiger partial charge in [-0.1, -0.05) is 67.5 Å². The van der Waals surface area contributed by atoms with Gasteiger partial charge >= 0.3 is 11.7 Å². The van der Waals surface area contributed by atoms with E-state index >= 15 is 0 Å². The van der Waals surface area contributed by atoms with Crippen LogP contribution in [0.1, 0.15) is 84.6 Å². The first-order chi connectivity index (χ1) is 27.1. The van der Waals surface area contributed by atoms with E-state index in [1.807, 2.05) is 54.6 Å². The molecule has 0 unspecified atom stereocenters. The molecule has 5 atom stereocenters. The number of sulfonamides is 1. The molecule has 304 valence electrons. The lowest BCUT2D eigenvalue weighted by Gasteiger charge is -2.30. The Kier molecular flexibility index (Phi) is 10.9. The predicted molar refractivity (Wildman–Crippen MR) is 212 cm³/mol. The van der Waals surface area contributed by atoms with E-state index in [4.69, 9.17) is 9.47 Å². The summed E-state index contributed by atoms with van der Waals surface area (Å²) in [5.41, 5.74) is -1.75. The van der Waals surface area contributed by atoms with E-state index in [1.54, 1.807) is 20.8 Å². The van der Waals surface area contributed by atoms with Crippen LogP contribution in [-0.4, -0.2) is 89.0 Å². The number of hydrogen-bond acceptors (Lipinski definition) is 10. The van der Waals surface area contributed by atoms with Gasteiger partial charge in [0.25, 0.3) is 5.91 Å². The Balaban J connectivity index is 1.25. The minimum atomic E-state index is -3.93. The van der Waals surface area contributed by atoms with E-state index in [-0.39, 0.29) is 31.6 Å². The molecule has 3 aromatic rings. The molecule has 57 heavy (non-hydrogen) atoms. The maximum Gasteiger partial charge on any atom is 0.408 e. The first kappa shape index (κ1) is 40.0. The molecule has 1 aromatic heterocycles. The molecular formula is C41H50N6O9S. The third kappa shape index (κ3) is 8.41. The number of nitrogens with one attached hydrogen (secondary N) is 3. The van der Waals surface area contributed by atoms with Gasteiger partial charge < -0.3 is 25.0 Å². The average Bonchev–Trinajstić information content (AvgIpc) is 4.09. The maximum atomic E-state index is 14.6. The number of nitrogens with zero attached hydrogens (tertiary/aromatic N) is 3. The van der Waals surface area contributed by atoms with Crippen LogP contribution in [-0.2, 0) is 29.1 Å². The van der Waals surface area contributed by atoms with Crippen LogP contribution in [0.4, 0.5) is 4.79 Å². The summed E-state index contributed by atoms with van der Waals surface area (Å²) in [6, 6.07) is 10.3. The summed E-state index contributed by atoms with van der Waals surface area (Å²) >= 11 is 0. The zero-order valence-corrected chi connectivity index (χ0v) is 33.5. The normalized spacial score (nSPS) is 26.2. The molecule has 0 spiro atoms. The van der Waals surface area contributed by atoms with Crippen molar-refractivity contribution >= 4 is 44.6 Å². The van der Waals surface area contributed by atoms with Gasteiger partial charge in [-0.25, -0.2) is 17.9 Å². The monoisotopic (exact) mass is 802 g/mol. The number of ether oxygens (including phenoxy) is 2. The van der Waals surface area contributed by atoms with Crippen LogP contribution in [0.5, 0.6) is 5.75 Å². The zero-order valence-electron chi connectivity index (χ0n) is 32.7. The largest absolute Gasteiger partial charge is 0.491 e. The molecule has 7 rings (SSSR count). The Bertz CT molecular complexity index is 2280. The molecule has 0 bridgehead atoms. The number of aromatic nitrogens is 2. The minimum Gasteiger partial charge on any atom is -0.491 e. The van der Waals surface area contributed by atoms with Crippen LogP contribution in [0.3, 0.4) is 0 Å². The fraction of sp³-hybridized carbons (Fsp3) is 0.512. The second kappa shape index (κ2) is 15.6. The topological polar surface area (TPSA) is 195 Å². The number of methoxy groups -OCH3 is 1. The van der Waals surface area contributed by atoms with E-state index in [0.717, 1.165) is 29.2 Å². The molecule has 0 radical (unpaired) electrons. The fourth-order valence-corrected chi connectivity index (χ4v) is 9.33. The van der Waals surface area contributed by atoms with Crippen LogP contribution in [0.2, 0.25) is 0 Å². The zero-order chi connectivity index (χ0) is 40.7. The van der Waals surface area contributed by atoms with Gasteiger partial charge in [0.15, 0.2) is 5.75 Å². The van der Waals surface area contributed by atoms with Gasteiger partial charge in [0, 0.05) is 18.9 Å². The molecule has 3 fully saturated rings. The lowest BCUT2D eigenvalue weighted by molar-refractivity contribution is -0.141. The van der Waals surface area contributed by atoms with Crippen molar-refractivity contribution in [2.75, 3.05) is 13.7 Å². The fourth-order valence-electron chi connectivity index (χ4n) is 7.97. The molecule has 4 aliphatic rings. The highest BCUT2D eigenvalue weighted by Crippen LogP contribution is 2.46. The van der Waals surface area contributed by atoms with Crippen LogP contribution in [0, 0.1) is 5.92 Å². The molecule has 2 aliphatic heterocycles. The van der Waals surface area contributed by atoms with E-state index in [0.29, 0.717) is 31.2 Å². The van der Waals surface area contributed by atoms with Crippen LogP contribution >= 0.6 is 0 Å². The highest BCUT2D eigenvalue weighted by molar-refractivity contribution is 7.91. The van der Waals surface area contributed by atoms with E-state index in [1.165, 1.54) is 22.9 Å². The summed E-state index contributed by atoms with van der Waals surface area (Å²) in [5.74, 6) is -2.53. The Morgan fingerprint density at radius 1 is 0.982 bits per heavy atom. The number of amides is 4. The Hall–Kier alpha value is -5.25. The van der Waals surface area contributed by atoms with Gasteiger partial charge in [-0.05, 0) is 75.6 Å². The molecule has 4 amide bonds. The second-order valence-corrected chi connectivity index (χ2v) is 18.4. The number of allylic oxidation sites excluding steroid dienone is 1. The van der Waals surface area contributed by atoms with Crippen molar-refractivity contribution in [2.24, 2.45) is 5.92 Å². The number of hydrogen-bond donors (Lipinski definition) is 3. The number of fused-ring (bicyclic) bond motifs is 3. The molecule has 3 heterocycles. The number of rotatable bonds is 7. The summed E-state index contributed by atoms with van der Waals surface area (Å²) < 4.78 is 40.4. The van der Waals surface area contributed by atoms with E-state index in [2.05, 4.69) is 20.5 Å².